The first-order chi connectivity index (χ1) is 10.2. The molecule has 1 aliphatic heterocycles. The Hall–Kier alpha value is -1.36. The number of aryl methyl sites for hydroxylation is 1. The number of rotatable bonds is 3. The summed E-state index contributed by atoms with van der Waals surface area (Å²) in [6.07, 6.45) is 0.812. The Morgan fingerprint density at radius 3 is 2.67 bits per heavy atom. The van der Waals surface area contributed by atoms with Gasteiger partial charge in [-0.25, -0.2) is 4.79 Å². The van der Waals surface area contributed by atoms with Gasteiger partial charge in [-0.3, -0.25) is 4.90 Å². The van der Waals surface area contributed by atoms with Crippen LogP contribution < -0.4 is 5.63 Å². The highest BCUT2D eigenvalue weighted by molar-refractivity contribution is 6.32. The van der Waals surface area contributed by atoms with Crippen LogP contribution in [0.15, 0.2) is 27.4 Å². The smallest absolute Gasteiger partial charge is 0.336 e. The van der Waals surface area contributed by atoms with Crippen LogP contribution in [0, 0.1) is 0 Å². The number of fused-ring (bicyclic) bond motifs is 1. The Kier molecular flexibility index (Phi) is 4.29. The second kappa shape index (κ2) is 6.18. The van der Waals surface area contributed by atoms with Gasteiger partial charge in [0.25, 0.3) is 0 Å². The van der Waals surface area contributed by atoms with Crippen LogP contribution in [0.4, 0.5) is 0 Å². The average molecular weight is 308 g/mol. The third-order valence-corrected chi connectivity index (χ3v) is 4.23. The molecular formula is C16H18ClNO3. The fraction of sp³-hybridized carbons (Fsp3) is 0.438. The summed E-state index contributed by atoms with van der Waals surface area (Å²) in [5.41, 5.74) is 2.27. The largest absolute Gasteiger partial charge is 0.423 e. The molecule has 1 fully saturated rings. The lowest BCUT2D eigenvalue weighted by Gasteiger charge is -2.26. The normalized spacial score (nSPS) is 16.5. The van der Waals surface area contributed by atoms with Crippen LogP contribution in [0.3, 0.4) is 0 Å². The van der Waals surface area contributed by atoms with Gasteiger partial charge in [0.05, 0.1) is 13.2 Å². The number of halogens is 1. The minimum Gasteiger partial charge on any atom is -0.423 e. The molecule has 112 valence electrons. The summed E-state index contributed by atoms with van der Waals surface area (Å²) in [6, 6.07) is 5.36. The zero-order valence-corrected chi connectivity index (χ0v) is 12.8. The summed E-state index contributed by atoms with van der Waals surface area (Å²) in [4.78, 5) is 14.1. The predicted molar refractivity (Wildman–Crippen MR) is 83.0 cm³/mol. The number of morpholine rings is 1. The number of nitrogens with zero attached hydrogens (tertiary/aromatic N) is 1. The minimum absolute atomic E-state index is 0.310. The lowest BCUT2D eigenvalue weighted by atomic mass is 10.1. The third kappa shape index (κ3) is 3.12. The third-order valence-electron chi connectivity index (χ3n) is 3.88. The van der Waals surface area contributed by atoms with Gasteiger partial charge >= 0.3 is 5.63 Å². The first-order valence-corrected chi connectivity index (χ1v) is 7.60. The molecule has 1 aromatic carbocycles. The molecule has 0 amide bonds. The van der Waals surface area contributed by atoms with Crippen molar-refractivity contribution in [1.82, 2.24) is 4.90 Å². The second-order valence-corrected chi connectivity index (χ2v) is 5.68. The van der Waals surface area contributed by atoms with Crippen molar-refractivity contribution in [2.75, 3.05) is 26.3 Å². The van der Waals surface area contributed by atoms with E-state index in [-0.39, 0.29) is 5.63 Å². The minimum atomic E-state index is -0.310. The van der Waals surface area contributed by atoms with E-state index in [2.05, 4.69) is 4.90 Å². The van der Waals surface area contributed by atoms with Crippen LogP contribution in [0.1, 0.15) is 18.1 Å². The fourth-order valence-corrected chi connectivity index (χ4v) is 2.99. The van der Waals surface area contributed by atoms with Crippen molar-refractivity contribution in [2.24, 2.45) is 0 Å². The maximum Gasteiger partial charge on any atom is 0.336 e. The highest BCUT2D eigenvalue weighted by atomic mass is 35.5. The summed E-state index contributed by atoms with van der Waals surface area (Å²) in [7, 11) is 0. The Morgan fingerprint density at radius 1 is 1.19 bits per heavy atom. The molecule has 0 aliphatic carbocycles. The molecule has 0 radical (unpaired) electrons. The van der Waals surface area contributed by atoms with Gasteiger partial charge in [0.2, 0.25) is 0 Å². The topological polar surface area (TPSA) is 42.7 Å². The molecule has 0 saturated carbocycles. The van der Waals surface area contributed by atoms with Crippen molar-refractivity contribution < 1.29 is 9.15 Å². The molecule has 0 bridgehead atoms. The van der Waals surface area contributed by atoms with E-state index in [0.29, 0.717) is 12.1 Å². The van der Waals surface area contributed by atoms with Crippen molar-refractivity contribution >= 4 is 22.6 Å². The number of benzene rings is 1. The molecule has 0 spiro atoms. The SMILES string of the molecule is CCc1cc2oc(=O)cc(CN3CCOCC3)c2cc1Cl. The zero-order chi connectivity index (χ0) is 14.8. The molecule has 21 heavy (non-hydrogen) atoms. The van der Waals surface area contributed by atoms with Gasteiger partial charge in [0.15, 0.2) is 0 Å². The molecule has 0 N–H and O–H groups in total. The van der Waals surface area contributed by atoms with E-state index in [9.17, 15) is 4.79 Å². The number of ether oxygens (including phenoxy) is 1. The van der Waals surface area contributed by atoms with Gasteiger partial charge in [-0.05, 0) is 29.7 Å². The zero-order valence-electron chi connectivity index (χ0n) is 12.0. The van der Waals surface area contributed by atoms with Crippen LogP contribution in [0.2, 0.25) is 5.02 Å². The van der Waals surface area contributed by atoms with Crippen LogP contribution in [-0.4, -0.2) is 31.2 Å². The van der Waals surface area contributed by atoms with Gasteiger partial charge in [-0.1, -0.05) is 18.5 Å². The lowest BCUT2D eigenvalue weighted by Crippen LogP contribution is -2.35. The van der Waals surface area contributed by atoms with E-state index in [4.69, 9.17) is 20.8 Å². The van der Waals surface area contributed by atoms with Gasteiger partial charge in [0, 0.05) is 36.1 Å². The Morgan fingerprint density at radius 2 is 1.95 bits per heavy atom. The summed E-state index contributed by atoms with van der Waals surface area (Å²) in [5.74, 6) is 0. The van der Waals surface area contributed by atoms with Crippen molar-refractivity contribution in [1.29, 1.82) is 0 Å². The first kappa shape index (κ1) is 14.6. The second-order valence-electron chi connectivity index (χ2n) is 5.27. The summed E-state index contributed by atoms with van der Waals surface area (Å²) >= 11 is 6.30. The quantitative estimate of drug-likeness (QED) is 0.818. The van der Waals surface area contributed by atoms with Gasteiger partial charge < -0.3 is 9.15 Å². The summed E-state index contributed by atoms with van der Waals surface area (Å²) in [5, 5.41) is 1.64. The maximum atomic E-state index is 11.8. The molecule has 4 nitrogen and oxygen atoms in total. The molecule has 1 aliphatic rings. The first-order valence-electron chi connectivity index (χ1n) is 7.22. The van der Waals surface area contributed by atoms with Crippen molar-refractivity contribution in [2.45, 2.75) is 19.9 Å². The number of hydrogen-bond donors (Lipinski definition) is 0. The molecular weight excluding hydrogens is 290 g/mol. The predicted octanol–water partition coefficient (Wildman–Crippen LogP) is 2.84. The van der Waals surface area contributed by atoms with E-state index in [1.165, 1.54) is 0 Å². The monoisotopic (exact) mass is 307 g/mol. The summed E-state index contributed by atoms with van der Waals surface area (Å²) < 4.78 is 10.7. The van der Waals surface area contributed by atoms with Crippen LogP contribution in [0.5, 0.6) is 0 Å². The molecule has 2 aromatic rings. The van der Waals surface area contributed by atoms with E-state index in [0.717, 1.165) is 54.3 Å². The standard InChI is InChI=1S/C16H18ClNO3/c1-2-11-7-15-13(9-14(11)17)12(8-16(19)21-15)10-18-3-5-20-6-4-18/h7-9H,2-6,10H2,1H3. The van der Waals surface area contributed by atoms with Crippen molar-refractivity contribution in [3.63, 3.8) is 0 Å². The lowest BCUT2D eigenvalue weighted by molar-refractivity contribution is 0.0343. The average Bonchev–Trinajstić information content (AvgIpc) is 2.48. The molecule has 5 heteroatoms. The van der Waals surface area contributed by atoms with Crippen molar-refractivity contribution in [3.8, 4) is 0 Å². The maximum absolute atomic E-state index is 11.8. The van der Waals surface area contributed by atoms with Gasteiger partial charge in [0.1, 0.15) is 5.58 Å². The highest BCUT2D eigenvalue weighted by Crippen LogP contribution is 2.26. The van der Waals surface area contributed by atoms with Crippen LogP contribution in [0.25, 0.3) is 11.0 Å². The van der Waals surface area contributed by atoms with Crippen LogP contribution in [-0.2, 0) is 17.7 Å². The Bertz CT molecular complexity index is 704. The highest BCUT2D eigenvalue weighted by Gasteiger charge is 2.15. The van der Waals surface area contributed by atoms with Gasteiger partial charge in [-0.15, -0.1) is 0 Å². The molecule has 3 rings (SSSR count). The molecule has 2 heterocycles. The molecule has 0 unspecified atom stereocenters. The van der Waals surface area contributed by atoms with E-state index >= 15 is 0 Å². The summed E-state index contributed by atoms with van der Waals surface area (Å²) in [6.45, 7) is 5.97. The number of hydrogen-bond acceptors (Lipinski definition) is 4. The fourth-order valence-electron chi connectivity index (χ4n) is 2.69. The molecule has 1 aromatic heterocycles. The van der Waals surface area contributed by atoms with Crippen LogP contribution >= 0.6 is 11.6 Å². The van der Waals surface area contributed by atoms with E-state index < -0.39 is 0 Å². The van der Waals surface area contributed by atoms with Crippen molar-refractivity contribution in [3.05, 3.63) is 44.8 Å². The van der Waals surface area contributed by atoms with Gasteiger partial charge in [-0.2, -0.15) is 0 Å². The Balaban J connectivity index is 2.04. The van der Waals surface area contributed by atoms with E-state index in [1.807, 2.05) is 19.1 Å². The molecule has 0 atom stereocenters. The molecule has 1 saturated heterocycles. The Labute approximate surface area is 128 Å². The van der Waals surface area contributed by atoms with E-state index in [1.54, 1.807) is 6.07 Å².